The van der Waals surface area contributed by atoms with E-state index in [-0.39, 0.29) is 22.9 Å². The van der Waals surface area contributed by atoms with E-state index in [0.29, 0.717) is 43.9 Å². The van der Waals surface area contributed by atoms with Crippen LogP contribution in [-0.4, -0.2) is 60.3 Å². The molecule has 0 spiro atoms. The minimum atomic E-state index is -3.64. The summed E-state index contributed by atoms with van der Waals surface area (Å²) in [5.41, 5.74) is 0.545. The third kappa shape index (κ3) is 3.12. The molecule has 0 saturated carbocycles. The Morgan fingerprint density at radius 2 is 1.96 bits per heavy atom. The standard InChI is InChI=1S/C19H23N3O4S/c1-2-22-15-9-12-21(19(23)14-6-5-11-20-14)13-10-16(15)26-17-7-3-4-8-18(17)27(22,24)25/h3-8,11,15-16,20H,2,9-10,12-13H2,1H3/t15-,16-/m0/s1. The van der Waals surface area contributed by atoms with Crippen LogP contribution in [0.5, 0.6) is 5.75 Å². The van der Waals surface area contributed by atoms with Crippen LogP contribution in [0.4, 0.5) is 0 Å². The molecule has 2 atom stereocenters. The zero-order valence-corrected chi connectivity index (χ0v) is 16.0. The highest BCUT2D eigenvalue weighted by Gasteiger charge is 2.43. The summed E-state index contributed by atoms with van der Waals surface area (Å²) >= 11 is 0. The lowest BCUT2D eigenvalue weighted by Gasteiger charge is -2.30. The van der Waals surface area contributed by atoms with E-state index in [9.17, 15) is 13.2 Å². The van der Waals surface area contributed by atoms with Crippen molar-refractivity contribution in [1.82, 2.24) is 14.2 Å². The van der Waals surface area contributed by atoms with Gasteiger partial charge in [0.1, 0.15) is 22.4 Å². The summed E-state index contributed by atoms with van der Waals surface area (Å²) < 4.78 is 34.1. The molecule has 144 valence electrons. The Morgan fingerprint density at radius 3 is 2.70 bits per heavy atom. The molecule has 1 N–H and O–H groups in total. The number of sulfonamides is 1. The number of aromatic amines is 1. The number of hydrogen-bond donors (Lipinski definition) is 1. The first-order valence-corrected chi connectivity index (χ1v) is 10.7. The van der Waals surface area contributed by atoms with Crippen LogP contribution in [0.15, 0.2) is 47.5 Å². The maximum Gasteiger partial charge on any atom is 0.270 e. The molecule has 0 radical (unpaired) electrons. The third-order valence-electron chi connectivity index (χ3n) is 5.32. The van der Waals surface area contributed by atoms with Crippen molar-refractivity contribution in [1.29, 1.82) is 0 Å². The maximum atomic E-state index is 13.2. The highest BCUT2D eigenvalue weighted by molar-refractivity contribution is 7.89. The fourth-order valence-electron chi connectivity index (χ4n) is 4.00. The van der Waals surface area contributed by atoms with Gasteiger partial charge in [-0.05, 0) is 30.7 Å². The summed E-state index contributed by atoms with van der Waals surface area (Å²) in [6, 6.07) is 10.0. The minimum absolute atomic E-state index is 0.0669. The number of carbonyl (C=O) groups excluding carboxylic acids is 1. The quantitative estimate of drug-likeness (QED) is 0.853. The number of nitrogens with one attached hydrogen (secondary N) is 1. The predicted octanol–water partition coefficient (Wildman–Crippen LogP) is 2.09. The average molecular weight is 389 g/mol. The molecule has 3 heterocycles. The van der Waals surface area contributed by atoms with Crippen LogP contribution in [0.3, 0.4) is 0 Å². The van der Waals surface area contributed by atoms with Crippen LogP contribution in [0.2, 0.25) is 0 Å². The Bertz CT molecular complexity index is 926. The van der Waals surface area contributed by atoms with E-state index in [2.05, 4.69) is 4.98 Å². The number of aromatic nitrogens is 1. The highest BCUT2D eigenvalue weighted by atomic mass is 32.2. The van der Waals surface area contributed by atoms with Crippen molar-refractivity contribution in [2.75, 3.05) is 19.6 Å². The molecule has 0 bridgehead atoms. The topological polar surface area (TPSA) is 82.7 Å². The number of likely N-dealkylation sites (N-methyl/N-ethyl adjacent to an activating group) is 1. The van der Waals surface area contributed by atoms with Gasteiger partial charge in [0.2, 0.25) is 10.0 Å². The summed E-state index contributed by atoms with van der Waals surface area (Å²) in [6.07, 6.45) is 2.56. The molecule has 2 aliphatic rings. The monoisotopic (exact) mass is 389 g/mol. The first kappa shape index (κ1) is 18.1. The van der Waals surface area contributed by atoms with E-state index in [1.807, 2.05) is 6.92 Å². The van der Waals surface area contributed by atoms with Crippen molar-refractivity contribution in [3.8, 4) is 5.75 Å². The van der Waals surface area contributed by atoms with Crippen LogP contribution in [0.25, 0.3) is 0 Å². The van der Waals surface area contributed by atoms with Gasteiger partial charge in [0.15, 0.2) is 0 Å². The number of carbonyl (C=O) groups is 1. The first-order chi connectivity index (χ1) is 13.0. The maximum absolute atomic E-state index is 13.2. The average Bonchev–Trinajstić information content (AvgIpc) is 3.09. The molecule has 1 aromatic heterocycles. The minimum Gasteiger partial charge on any atom is -0.487 e. The SMILES string of the molecule is CCN1[C@H]2CCN(C(=O)c3ccc[nH]3)CC[C@@H]2Oc2ccccc2S1(=O)=O. The number of nitrogens with zero attached hydrogens (tertiary/aromatic N) is 2. The van der Waals surface area contributed by atoms with Gasteiger partial charge in [0.25, 0.3) is 5.91 Å². The van der Waals surface area contributed by atoms with E-state index < -0.39 is 10.0 Å². The van der Waals surface area contributed by atoms with Crippen LogP contribution >= 0.6 is 0 Å². The summed E-state index contributed by atoms with van der Waals surface area (Å²) in [4.78, 5) is 17.6. The van der Waals surface area contributed by atoms with Crippen molar-refractivity contribution in [3.63, 3.8) is 0 Å². The molecule has 1 aromatic carbocycles. The van der Waals surface area contributed by atoms with Gasteiger partial charge in [-0.2, -0.15) is 4.31 Å². The van der Waals surface area contributed by atoms with Gasteiger partial charge >= 0.3 is 0 Å². The fourth-order valence-corrected chi connectivity index (χ4v) is 5.81. The van der Waals surface area contributed by atoms with Gasteiger partial charge < -0.3 is 14.6 Å². The van der Waals surface area contributed by atoms with Gasteiger partial charge in [-0.1, -0.05) is 19.1 Å². The Morgan fingerprint density at radius 1 is 1.19 bits per heavy atom. The van der Waals surface area contributed by atoms with Gasteiger partial charge in [-0.15, -0.1) is 0 Å². The van der Waals surface area contributed by atoms with Gasteiger partial charge in [0, 0.05) is 32.3 Å². The fraction of sp³-hybridized carbons (Fsp3) is 0.421. The van der Waals surface area contributed by atoms with Crippen molar-refractivity contribution in [3.05, 3.63) is 48.3 Å². The highest BCUT2D eigenvalue weighted by Crippen LogP contribution is 2.36. The molecule has 4 rings (SSSR count). The van der Waals surface area contributed by atoms with E-state index in [1.54, 1.807) is 47.5 Å². The number of amides is 1. The van der Waals surface area contributed by atoms with E-state index in [0.717, 1.165) is 0 Å². The lowest BCUT2D eigenvalue weighted by atomic mass is 10.1. The molecule has 8 heteroatoms. The Labute approximate surface area is 159 Å². The van der Waals surface area contributed by atoms with E-state index in [1.165, 1.54) is 4.31 Å². The largest absolute Gasteiger partial charge is 0.487 e. The predicted molar refractivity (Wildman–Crippen MR) is 100 cm³/mol. The second-order valence-corrected chi connectivity index (χ2v) is 8.69. The third-order valence-corrected chi connectivity index (χ3v) is 7.36. The Hall–Kier alpha value is -2.32. The van der Waals surface area contributed by atoms with E-state index >= 15 is 0 Å². The molecular weight excluding hydrogens is 366 g/mol. The number of rotatable bonds is 2. The number of benzene rings is 1. The molecule has 0 aliphatic carbocycles. The number of ether oxygens (including phenoxy) is 1. The molecule has 27 heavy (non-hydrogen) atoms. The summed E-state index contributed by atoms with van der Waals surface area (Å²) in [5, 5.41) is 0. The zero-order valence-electron chi connectivity index (χ0n) is 15.2. The molecule has 1 fully saturated rings. The van der Waals surface area contributed by atoms with Crippen molar-refractivity contribution in [2.45, 2.75) is 36.8 Å². The van der Waals surface area contributed by atoms with E-state index in [4.69, 9.17) is 4.74 Å². The number of likely N-dealkylation sites (tertiary alicyclic amines) is 1. The number of fused-ring (bicyclic) bond motifs is 2. The lowest BCUT2D eigenvalue weighted by molar-refractivity contribution is 0.0750. The van der Waals surface area contributed by atoms with Crippen LogP contribution in [0.1, 0.15) is 30.3 Å². The molecule has 0 unspecified atom stereocenters. The van der Waals surface area contributed by atoms with Crippen molar-refractivity contribution < 1.29 is 17.9 Å². The normalized spacial score (nSPS) is 24.9. The van der Waals surface area contributed by atoms with Crippen molar-refractivity contribution in [2.24, 2.45) is 0 Å². The first-order valence-electron chi connectivity index (χ1n) is 9.22. The Kier molecular flexibility index (Phi) is 4.69. The van der Waals surface area contributed by atoms with Crippen molar-refractivity contribution >= 4 is 15.9 Å². The van der Waals surface area contributed by atoms with Gasteiger partial charge in [0.05, 0.1) is 6.04 Å². The molecule has 7 nitrogen and oxygen atoms in total. The molecular formula is C19H23N3O4S. The molecule has 1 saturated heterocycles. The van der Waals surface area contributed by atoms with Crippen LogP contribution in [-0.2, 0) is 10.0 Å². The lowest BCUT2D eigenvalue weighted by Crippen LogP contribution is -2.47. The number of para-hydroxylation sites is 1. The molecule has 2 aromatic rings. The van der Waals surface area contributed by atoms with Crippen LogP contribution < -0.4 is 4.74 Å². The van der Waals surface area contributed by atoms with Crippen LogP contribution in [0, 0.1) is 0 Å². The smallest absolute Gasteiger partial charge is 0.270 e. The second-order valence-electron chi connectivity index (χ2n) is 6.83. The van der Waals surface area contributed by atoms with Gasteiger partial charge in [-0.25, -0.2) is 8.42 Å². The zero-order chi connectivity index (χ0) is 19.0. The second kappa shape index (κ2) is 7.01. The summed E-state index contributed by atoms with van der Waals surface area (Å²) in [5.74, 6) is 0.329. The molecule has 2 aliphatic heterocycles. The number of H-pyrrole nitrogens is 1. The summed E-state index contributed by atoms with van der Waals surface area (Å²) in [7, 11) is -3.64. The number of hydrogen-bond acceptors (Lipinski definition) is 4. The van der Waals surface area contributed by atoms with Gasteiger partial charge in [-0.3, -0.25) is 4.79 Å². The molecule has 1 amide bonds. The summed E-state index contributed by atoms with van der Waals surface area (Å²) in [6.45, 7) is 3.23. The Balaban J connectivity index is 1.65.